The normalized spacial score (nSPS) is 24.7. The van der Waals surface area contributed by atoms with Crippen LogP contribution in [0.25, 0.3) is 0 Å². The van der Waals surface area contributed by atoms with Crippen LogP contribution < -0.4 is 16.0 Å². The van der Waals surface area contributed by atoms with Gasteiger partial charge < -0.3 is 16.0 Å². The fourth-order valence-corrected chi connectivity index (χ4v) is 4.84. The van der Waals surface area contributed by atoms with E-state index in [9.17, 15) is 4.79 Å². The summed E-state index contributed by atoms with van der Waals surface area (Å²) in [6, 6.07) is 4.44. The van der Waals surface area contributed by atoms with Gasteiger partial charge in [0.1, 0.15) is 5.82 Å². The number of aryl methyl sites for hydroxylation is 1. The molecule has 2 aromatic heterocycles. The van der Waals surface area contributed by atoms with Gasteiger partial charge in [-0.15, -0.1) is 0 Å². The SMILES string of the molecule is Cc1cc(N2CCn3nc(CN4C[C@@H]5CCC[C@H](C4)C(=O)N5)cc3C2)nc(N)n1. The van der Waals surface area contributed by atoms with Gasteiger partial charge >= 0.3 is 0 Å². The minimum absolute atomic E-state index is 0.113. The number of aromatic nitrogens is 4. The maximum atomic E-state index is 12.3. The summed E-state index contributed by atoms with van der Waals surface area (Å²) in [7, 11) is 0. The number of hydrogen-bond donors (Lipinski definition) is 2. The van der Waals surface area contributed by atoms with Gasteiger partial charge in [0.25, 0.3) is 0 Å². The fourth-order valence-electron chi connectivity index (χ4n) is 4.84. The van der Waals surface area contributed by atoms with E-state index in [1.165, 1.54) is 5.69 Å². The average Bonchev–Trinajstić information content (AvgIpc) is 2.89. The van der Waals surface area contributed by atoms with Crippen LogP contribution in [-0.4, -0.2) is 56.2 Å². The molecule has 2 fully saturated rings. The second-order valence-corrected chi connectivity index (χ2v) is 8.52. The molecule has 0 saturated carbocycles. The molecule has 9 nitrogen and oxygen atoms in total. The van der Waals surface area contributed by atoms with Crippen LogP contribution in [0.15, 0.2) is 12.1 Å². The van der Waals surface area contributed by atoms with Crippen molar-refractivity contribution >= 4 is 17.7 Å². The van der Waals surface area contributed by atoms with Gasteiger partial charge in [-0.2, -0.15) is 10.1 Å². The zero-order valence-corrected chi connectivity index (χ0v) is 16.8. The first-order valence-corrected chi connectivity index (χ1v) is 10.5. The number of nitrogens with one attached hydrogen (secondary N) is 1. The quantitative estimate of drug-likeness (QED) is 0.786. The van der Waals surface area contributed by atoms with E-state index in [4.69, 9.17) is 10.8 Å². The first-order valence-electron chi connectivity index (χ1n) is 10.5. The highest BCUT2D eigenvalue weighted by Crippen LogP contribution is 2.24. The molecule has 0 spiro atoms. The summed E-state index contributed by atoms with van der Waals surface area (Å²) in [5.41, 5.74) is 8.97. The van der Waals surface area contributed by atoms with Gasteiger partial charge in [-0.05, 0) is 25.8 Å². The van der Waals surface area contributed by atoms with Crippen LogP contribution in [0.1, 0.15) is 36.3 Å². The van der Waals surface area contributed by atoms with Crippen LogP contribution in [0.2, 0.25) is 0 Å². The number of amides is 1. The topological polar surface area (TPSA) is 105 Å². The Morgan fingerprint density at radius 2 is 2.10 bits per heavy atom. The maximum Gasteiger partial charge on any atom is 0.224 e. The van der Waals surface area contributed by atoms with Crippen molar-refractivity contribution in [2.75, 3.05) is 30.3 Å². The van der Waals surface area contributed by atoms with E-state index in [0.29, 0.717) is 5.95 Å². The van der Waals surface area contributed by atoms with E-state index in [0.717, 1.165) is 75.7 Å². The summed E-state index contributed by atoms with van der Waals surface area (Å²) in [6.45, 7) is 6.89. The lowest BCUT2D eigenvalue weighted by Gasteiger charge is -2.28. The molecule has 9 heteroatoms. The Morgan fingerprint density at radius 1 is 1.21 bits per heavy atom. The van der Waals surface area contributed by atoms with Crippen molar-refractivity contribution in [1.82, 2.24) is 30.0 Å². The second-order valence-electron chi connectivity index (χ2n) is 8.52. The Labute approximate surface area is 170 Å². The predicted molar refractivity (Wildman–Crippen MR) is 109 cm³/mol. The van der Waals surface area contributed by atoms with E-state index in [1.54, 1.807) is 0 Å². The molecule has 0 unspecified atom stereocenters. The molecule has 0 aromatic carbocycles. The Balaban J connectivity index is 1.30. The highest BCUT2D eigenvalue weighted by atomic mass is 16.2. The van der Waals surface area contributed by atoms with Crippen molar-refractivity contribution in [1.29, 1.82) is 0 Å². The average molecular weight is 396 g/mol. The van der Waals surface area contributed by atoms with Crippen LogP contribution >= 0.6 is 0 Å². The van der Waals surface area contributed by atoms with E-state index < -0.39 is 0 Å². The molecule has 154 valence electrons. The number of hydrogen-bond acceptors (Lipinski definition) is 7. The molecule has 2 saturated heterocycles. The molecule has 1 amide bonds. The second kappa shape index (κ2) is 7.29. The molecule has 0 radical (unpaired) electrons. The Bertz CT molecular complexity index is 905. The number of carbonyl (C=O) groups is 1. The summed E-state index contributed by atoms with van der Waals surface area (Å²) in [4.78, 5) is 25.5. The van der Waals surface area contributed by atoms with Gasteiger partial charge in [-0.25, -0.2) is 4.98 Å². The van der Waals surface area contributed by atoms with Crippen LogP contribution in [0.3, 0.4) is 0 Å². The van der Waals surface area contributed by atoms with Gasteiger partial charge in [-0.1, -0.05) is 6.42 Å². The highest BCUT2D eigenvalue weighted by molar-refractivity contribution is 5.79. The van der Waals surface area contributed by atoms with Crippen LogP contribution in [0.5, 0.6) is 0 Å². The molecule has 0 aliphatic carbocycles. The third-order valence-electron chi connectivity index (χ3n) is 6.20. The predicted octanol–water partition coefficient (Wildman–Crippen LogP) is 0.684. The van der Waals surface area contributed by atoms with E-state index >= 15 is 0 Å². The maximum absolute atomic E-state index is 12.3. The molecule has 2 atom stereocenters. The Morgan fingerprint density at radius 3 is 2.97 bits per heavy atom. The molecule has 5 heterocycles. The lowest BCUT2D eigenvalue weighted by Crippen LogP contribution is -2.38. The molecule has 2 bridgehead atoms. The largest absolute Gasteiger partial charge is 0.368 e. The van der Waals surface area contributed by atoms with Gasteiger partial charge in [-0.3, -0.25) is 14.4 Å². The zero-order valence-electron chi connectivity index (χ0n) is 16.8. The number of likely N-dealkylation sites (tertiary alicyclic amines) is 1. The van der Waals surface area contributed by atoms with Crippen molar-refractivity contribution in [3.8, 4) is 0 Å². The number of rotatable bonds is 3. The summed E-state index contributed by atoms with van der Waals surface area (Å²) in [6.07, 6.45) is 3.22. The molecule has 2 aromatic rings. The van der Waals surface area contributed by atoms with Crippen molar-refractivity contribution in [3.05, 3.63) is 29.2 Å². The first kappa shape index (κ1) is 18.4. The Hall–Kier alpha value is -2.68. The number of nitrogens with two attached hydrogens (primary N) is 1. The minimum atomic E-state index is 0.113. The number of anilines is 2. The fraction of sp³-hybridized carbons (Fsp3) is 0.600. The summed E-state index contributed by atoms with van der Waals surface area (Å²) < 4.78 is 2.10. The molecule has 3 aliphatic heterocycles. The van der Waals surface area contributed by atoms with E-state index in [2.05, 4.69) is 35.8 Å². The third-order valence-corrected chi connectivity index (χ3v) is 6.20. The monoisotopic (exact) mass is 396 g/mol. The highest BCUT2D eigenvalue weighted by Gasteiger charge is 2.33. The van der Waals surface area contributed by atoms with Gasteiger partial charge in [0.05, 0.1) is 30.4 Å². The van der Waals surface area contributed by atoms with Gasteiger partial charge in [0.2, 0.25) is 11.9 Å². The van der Waals surface area contributed by atoms with Gasteiger partial charge in [0.15, 0.2) is 0 Å². The first-order chi connectivity index (χ1) is 14.0. The molecule has 5 rings (SSSR count). The molecular formula is C20H28N8O. The number of nitrogens with zero attached hydrogens (tertiary/aromatic N) is 6. The van der Waals surface area contributed by atoms with Crippen molar-refractivity contribution in [3.63, 3.8) is 0 Å². The van der Waals surface area contributed by atoms with E-state index in [-0.39, 0.29) is 17.9 Å². The number of nitrogen functional groups attached to an aromatic ring is 1. The third kappa shape index (κ3) is 3.78. The summed E-state index contributed by atoms with van der Waals surface area (Å²) in [5, 5.41) is 8.04. The molecule has 29 heavy (non-hydrogen) atoms. The molecule has 3 aliphatic rings. The lowest BCUT2D eigenvalue weighted by molar-refractivity contribution is -0.124. The van der Waals surface area contributed by atoms with Crippen LogP contribution in [-0.2, 0) is 24.4 Å². The summed E-state index contributed by atoms with van der Waals surface area (Å²) >= 11 is 0. The van der Waals surface area contributed by atoms with Crippen LogP contribution in [0.4, 0.5) is 11.8 Å². The zero-order chi connectivity index (χ0) is 20.0. The van der Waals surface area contributed by atoms with Crippen LogP contribution in [0, 0.1) is 12.8 Å². The Kier molecular flexibility index (Phi) is 4.61. The summed E-state index contributed by atoms with van der Waals surface area (Å²) in [5.74, 6) is 1.53. The smallest absolute Gasteiger partial charge is 0.224 e. The van der Waals surface area contributed by atoms with E-state index in [1.807, 2.05) is 13.0 Å². The lowest BCUT2D eigenvalue weighted by atomic mass is 9.99. The van der Waals surface area contributed by atoms with Gasteiger partial charge in [0, 0.05) is 44.0 Å². The number of fused-ring (bicyclic) bond motifs is 4. The van der Waals surface area contributed by atoms with Crippen molar-refractivity contribution < 1.29 is 4.79 Å². The standard InChI is InChI=1S/C20H28N8O/c1-13-7-18(24-20(21)22-13)27-5-6-28-17(12-27)8-16(25-28)11-26-9-14-3-2-4-15(10-26)23-19(14)29/h7-8,14-15H,2-6,9-12H2,1H3,(H,23,29)(H2,21,22,24)/t14-,15+/m1/s1. The molecule has 3 N–H and O–H groups in total. The molecular weight excluding hydrogens is 368 g/mol. The minimum Gasteiger partial charge on any atom is -0.368 e. The van der Waals surface area contributed by atoms with Crippen molar-refractivity contribution in [2.45, 2.75) is 51.9 Å². The van der Waals surface area contributed by atoms with Crippen molar-refractivity contribution in [2.24, 2.45) is 5.92 Å². The number of carbonyl (C=O) groups excluding carboxylic acids is 1.